The molecule has 6 heteroatoms. The molecule has 126 valence electrons. The molecule has 24 heavy (non-hydrogen) atoms. The Morgan fingerprint density at radius 3 is 2.38 bits per heavy atom. The Hall–Kier alpha value is -1.49. The zero-order valence-corrected chi connectivity index (χ0v) is 15.5. The number of thioether (sulfide) groups is 1. The summed E-state index contributed by atoms with van der Waals surface area (Å²) in [7, 11) is 0. The Morgan fingerprint density at radius 2 is 1.75 bits per heavy atom. The fourth-order valence-electron chi connectivity index (χ4n) is 1.99. The van der Waals surface area contributed by atoms with Crippen molar-refractivity contribution in [2.24, 2.45) is 0 Å². The van der Waals surface area contributed by atoms with E-state index in [1.807, 2.05) is 31.2 Å². The molecule has 0 heterocycles. The normalized spacial score (nSPS) is 10.5. The summed E-state index contributed by atoms with van der Waals surface area (Å²) in [5.74, 6) is 0.297. The van der Waals surface area contributed by atoms with E-state index in [0.717, 1.165) is 17.0 Å². The van der Waals surface area contributed by atoms with Crippen LogP contribution in [0.4, 0.5) is 5.69 Å². The lowest BCUT2D eigenvalue weighted by molar-refractivity contribution is -0.116. The van der Waals surface area contributed by atoms with Crippen LogP contribution in [-0.4, -0.2) is 17.4 Å². The van der Waals surface area contributed by atoms with Crippen LogP contribution < -0.4 is 5.32 Å². The molecular formula is C18H17Cl2NO2S. The molecule has 0 radical (unpaired) electrons. The number of Topliss-reactive ketones (excluding diaryl/α,β-unsaturated/α-hetero) is 1. The number of rotatable bonds is 7. The van der Waals surface area contributed by atoms with Crippen LogP contribution in [0.15, 0.2) is 47.4 Å². The van der Waals surface area contributed by atoms with E-state index < -0.39 is 0 Å². The molecule has 0 saturated heterocycles. The topological polar surface area (TPSA) is 46.2 Å². The molecule has 0 unspecified atom stereocenters. The van der Waals surface area contributed by atoms with E-state index in [9.17, 15) is 9.59 Å². The molecule has 0 aliphatic carbocycles. The average Bonchev–Trinajstić information content (AvgIpc) is 2.56. The first kappa shape index (κ1) is 18.8. The smallest absolute Gasteiger partial charge is 0.224 e. The third-order valence-electron chi connectivity index (χ3n) is 3.23. The van der Waals surface area contributed by atoms with Gasteiger partial charge in [-0.3, -0.25) is 9.59 Å². The molecule has 0 atom stereocenters. The Labute approximate surface area is 155 Å². The molecule has 2 aromatic carbocycles. The Bertz CT molecular complexity index is 732. The highest BCUT2D eigenvalue weighted by molar-refractivity contribution is 8.00. The zero-order chi connectivity index (χ0) is 17.5. The number of nitrogens with one attached hydrogen (secondary N) is 1. The Morgan fingerprint density at radius 1 is 1.04 bits per heavy atom. The first-order valence-electron chi connectivity index (χ1n) is 7.50. The number of anilines is 1. The molecule has 2 rings (SSSR count). The maximum atomic E-state index is 12.2. The summed E-state index contributed by atoms with van der Waals surface area (Å²) in [4.78, 5) is 24.7. The fraction of sp³-hybridized carbons (Fsp3) is 0.222. The summed E-state index contributed by atoms with van der Waals surface area (Å²) in [5, 5.41) is 3.64. The van der Waals surface area contributed by atoms with E-state index in [4.69, 9.17) is 23.2 Å². The molecule has 3 nitrogen and oxygen atoms in total. The molecule has 0 fully saturated rings. The maximum Gasteiger partial charge on any atom is 0.224 e. The summed E-state index contributed by atoms with van der Waals surface area (Å²) in [6.45, 7) is 1.96. The minimum atomic E-state index is -0.0149. The predicted octanol–water partition coefficient (Wildman–Crippen LogP) is 5.71. The van der Waals surface area contributed by atoms with Gasteiger partial charge in [-0.05, 0) is 48.9 Å². The van der Waals surface area contributed by atoms with Crippen molar-refractivity contribution >= 4 is 52.3 Å². The highest BCUT2D eigenvalue weighted by Crippen LogP contribution is 2.25. The molecule has 1 amide bonds. The molecular weight excluding hydrogens is 365 g/mol. The van der Waals surface area contributed by atoms with E-state index in [-0.39, 0.29) is 11.7 Å². The molecule has 0 aromatic heterocycles. The summed E-state index contributed by atoms with van der Waals surface area (Å²) < 4.78 is 0. The summed E-state index contributed by atoms with van der Waals surface area (Å²) in [5.41, 5.74) is 1.30. The van der Waals surface area contributed by atoms with Crippen LogP contribution in [0.25, 0.3) is 0 Å². The fourth-order valence-corrected chi connectivity index (χ4v) is 3.08. The van der Waals surface area contributed by atoms with Crippen LogP contribution in [0.1, 0.15) is 30.1 Å². The standard InChI is InChI=1S/C18H17Cl2NO2S/c1-2-3-18(23)21-13-5-7-14(8-6-13)24-11-17(22)12-4-9-15(19)16(20)10-12/h4-10H,2-3,11H2,1H3,(H,21,23). The van der Waals surface area contributed by atoms with Crippen LogP contribution in [0.2, 0.25) is 10.0 Å². The van der Waals surface area contributed by atoms with Crippen molar-refractivity contribution in [1.29, 1.82) is 0 Å². The monoisotopic (exact) mass is 381 g/mol. The number of benzene rings is 2. The van der Waals surface area contributed by atoms with E-state index in [1.54, 1.807) is 18.2 Å². The molecule has 0 aliphatic heterocycles. The van der Waals surface area contributed by atoms with Crippen LogP contribution in [-0.2, 0) is 4.79 Å². The van der Waals surface area contributed by atoms with Gasteiger partial charge in [-0.15, -0.1) is 11.8 Å². The van der Waals surface area contributed by atoms with E-state index >= 15 is 0 Å². The van der Waals surface area contributed by atoms with Crippen molar-refractivity contribution in [3.8, 4) is 0 Å². The molecule has 0 saturated carbocycles. The van der Waals surface area contributed by atoms with Crippen molar-refractivity contribution in [1.82, 2.24) is 0 Å². The van der Waals surface area contributed by atoms with Gasteiger partial charge in [0.25, 0.3) is 0 Å². The second-order valence-electron chi connectivity index (χ2n) is 5.16. The van der Waals surface area contributed by atoms with Crippen molar-refractivity contribution in [3.63, 3.8) is 0 Å². The van der Waals surface area contributed by atoms with Gasteiger partial charge in [-0.2, -0.15) is 0 Å². The number of ketones is 1. The van der Waals surface area contributed by atoms with Gasteiger partial charge in [0.2, 0.25) is 5.91 Å². The quantitative estimate of drug-likeness (QED) is 0.493. The predicted molar refractivity (Wildman–Crippen MR) is 101 cm³/mol. The van der Waals surface area contributed by atoms with Crippen LogP contribution >= 0.6 is 35.0 Å². The van der Waals surface area contributed by atoms with Gasteiger partial charge in [-0.25, -0.2) is 0 Å². The molecule has 0 aliphatic rings. The van der Waals surface area contributed by atoms with Crippen LogP contribution in [0, 0.1) is 0 Å². The lowest BCUT2D eigenvalue weighted by Gasteiger charge is -2.06. The second kappa shape index (κ2) is 9.11. The van der Waals surface area contributed by atoms with Gasteiger partial charge in [0, 0.05) is 22.6 Å². The number of amides is 1. The Kier molecular flexibility index (Phi) is 7.16. The number of halogens is 2. The van der Waals surface area contributed by atoms with Gasteiger partial charge in [0.1, 0.15) is 0 Å². The van der Waals surface area contributed by atoms with E-state index in [0.29, 0.717) is 27.8 Å². The number of carbonyl (C=O) groups is 2. The first-order valence-corrected chi connectivity index (χ1v) is 9.24. The van der Waals surface area contributed by atoms with Gasteiger partial charge in [-0.1, -0.05) is 30.1 Å². The minimum absolute atomic E-state index is 0.00713. The number of carbonyl (C=O) groups excluding carboxylic acids is 2. The third-order valence-corrected chi connectivity index (χ3v) is 4.98. The lowest BCUT2D eigenvalue weighted by Crippen LogP contribution is -2.10. The van der Waals surface area contributed by atoms with Crippen molar-refractivity contribution < 1.29 is 9.59 Å². The van der Waals surface area contributed by atoms with E-state index in [1.165, 1.54) is 11.8 Å². The maximum absolute atomic E-state index is 12.2. The molecule has 2 aromatic rings. The summed E-state index contributed by atoms with van der Waals surface area (Å²) >= 11 is 13.2. The Balaban J connectivity index is 1.90. The van der Waals surface area contributed by atoms with Crippen LogP contribution in [0.3, 0.4) is 0 Å². The number of hydrogen-bond donors (Lipinski definition) is 1. The lowest BCUT2D eigenvalue weighted by atomic mass is 10.1. The first-order chi connectivity index (χ1) is 11.5. The van der Waals surface area contributed by atoms with Crippen molar-refractivity contribution in [2.45, 2.75) is 24.7 Å². The van der Waals surface area contributed by atoms with Crippen molar-refractivity contribution in [3.05, 3.63) is 58.1 Å². The SMILES string of the molecule is CCCC(=O)Nc1ccc(SCC(=O)c2ccc(Cl)c(Cl)c2)cc1. The number of hydrogen-bond acceptors (Lipinski definition) is 3. The van der Waals surface area contributed by atoms with Gasteiger partial charge in [0.05, 0.1) is 15.8 Å². The van der Waals surface area contributed by atoms with Gasteiger partial charge >= 0.3 is 0 Å². The zero-order valence-electron chi connectivity index (χ0n) is 13.1. The summed E-state index contributed by atoms with van der Waals surface area (Å²) in [6.07, 6.45) is 1.32. The third kappa shape index (κ3) is 5.55. The minimum Gasteiger partial charge on any atom is -0.326 e. The van der Waals surface area contributed by atoms with E-state index in [2.05, 4.69) is 5.32 Å². The molecule has 0 bridgehead atoms. The van der Waals surface area contributed by atoms with Crippen molar-refractivity contribution in [2.75, 3.05) is 11.1 Å². The van der Waals surface area contributed by atoms with Crippen LogP contribution in [0.5, 0.6) is 0 Å². The highest BCUT2D eigenvalue weighted by atomic mass is 35.5. The second-order valence-corrected chi connectivity index (χ2v) is 7.03. The molecule has 1 N–H and O–H groups in total. The molecule has 0 spiro atoms. The van der Waals surface area contributed by atoms with Gasteiger partial charge < -0.3 is 5.32 Å². The largest absolute Gasteiger partial charge is 0.326 e. The average molecular weight is 382 g/mol. The highest BCUT2D eigenvalue weighted by Gasteiger charge is 2.09. The van der Waals surface area contributed by atoms with Gasteiger partial charge in [0.15, 0.2) is 5.78 Å². The summed E-state index contributed by atoms with van der Waals surface area (Å²) in [6, 6.07) is 12.3.